The van der Waals surface area contributed by atoms with Crippen LogP contribution in [0.2, 0.25) is 0 Å². The molecule has 2 saturated heterocycles. The van der Waals surface area contributed by atoms with Gasteiger partial charge in [-0.2, -0.15) is 0 Å². The molecule has 2 heterocycles. The van der Waals surface area contributed by atoms with Gasteiger partial charge in [-0.3, -0.25) is 14.4 Å². The van der Waals surface area contributed by atoms with E-state index >= 15 is 0 Å². The normalized spacial score (nSPS) is 38.5. The van der Waals surface area contributed by atoms with Crippen LogP contribution < -0.4 is 0 Å². The molecule has 3 fully saturated rings. The first-order chi connectivity index (χ1) is 15.2. The molecule has 1 aliphatic carbocycles. The fourth-order valence-electron chi connectivity index (χ4n) is 4.57. The molecule has 0 amide bonds. The topological polar surface area (TPSA) is 129 Å². The Morgan fingerprint density at radius 3 is 2.42 bits per heavy atom. The average Bonchev–Trinajstić information content (AvgIpc) is 3.42. The van der Waals surface area contributed by atoms with Gasteiger partial charge in [-0.1, -0.05) is 41.2 Å². The maximum atomic E-state index is 13.4. The van der Waals surface area contributed by atoms with Gasteiger partial charge in [0.05, 0.1) is 17.9 Å². The van der Waals surface area contributed by atoms with Crippen molar-refractivity contribution in [1.82, 2.24) is 0 Å². The van der Waals surface area contributed by atoms with E-state index in [1.54, 1.807) is 20.8 Å². The Kier molecular flexibility index (Phi) is 7.05. The fraction of sp³-hybridized carbons (Fsp3) is 0.750. The molecule has 0 aromatic carbocycles. The summed E-state index contributed by atoms with van der Waals surface area (Å²) in [6, 6.07) is 0. The highest BCUT2D eigenvalue weighted by molar-refractivity contribution is 5.95. The Morgan fingerprint density at radius 2 is 1.85 bits per heavy atom. The van der Waals surface area contributed by atoms with Crippen molar-refractivity contribution in [1.29, 1.82) is 0 Å². The van der Waals surface area contributed by atoms with E-state index in [1.807, 2.05) is 13.8 Å². The van der Waals surface area contributed by atoms with Crippen LogP contribution in [0.4, 0.5) is 0 Å². The zero-order valence-corrected chi connectivity index (χ0v) is 20.0. The van der Waals surface area contributed by atoms with Gasteiger partial charge in [0.2, 0.25) is 0 Å². The van der Waals surface area contributed by atoms with Crippen molar-refractivity contribution in [3.63, 3.8) is 0 Å². The molecule has 9 heteroatoms. The third-order valence-corrected chi connectivity index (χ3v) is 6.52. The van der Waals surface area contributed by atoms with E-state index in [1.165, 1.54) is 6.92 Å². The molecule has 1 N–H and O–H groups in total. The number of ether oxygens (including phenoxy) is 4. The second-order valence-corrected chi connectivity index (χ2v) is 10.3. The summed E-state index contributed by atoms with van der Waals surface area (Å²) in [7, 11) is 0. The highest BCUT2D eigenvalue weighted by Crippen LogP contribution is 2.46. The highest BCUT2D eigenvalue weighted by Gasteiger charge is 2.64. The summed E-state index contributed by atoms with van der Waals surface area (Å²) in [6.07, 6.45) is -4.83. The van der Waals surface area contributed by atoms with Gasteiger partial charge >= 0.3 is 17.9 Å². The first kappa shape index (κ1) is 25.4. The Bertz CT molecular complexity index is 843. The number of epoxide rings is 1. The van der Waals surface area contributed by atoms with Crippen molar-refractivity contribution >= 4 is 23.7 Å². The lowest BCUT2D eigenvalue weighted by Gasteiger charge is -2.39. The summed E-state index contributed by atoms with van der Waals surface area (Å²) < 4.78 is 22.4. The van der Waals surface area contributed by atoms with Crippen LogP contribution in [0, 0.1) is 23.7 Å². The van der Waals surface area contributed by atoms with Gasteiger partial charge in [0.15, 0.2) is 24.1 Å². The second-order valence-electron chi connectivity index (χ2n) is 10.3. The largest absolute Gasteiger partial charge is 0.455 e. The minimum atomic E-state index is -1.73. The van der Waals surface area contributed by atoms with Crippen molar-refractivity contribution in [2.75, 3.05) is 0 Å². The van der Waals surface area contributed by atoms with Crippen LogP contribution in [-0.2, 0) is 38.1 Å². The van der Waals surface area contributed by atoms with Crippen LogP contribution in [0.5, 0.6) is 0 Å². The van der Waals surface area contributed by atoms with Crippen molar-refractivity contribution < 1.29 is 43.2 Å². The third kappa shape index (κ3) is 4.99. The van der Waals surface area contributed by atoms with E-state index in [-0.39, 0.29) is 24.3 Å². The predicted molar refractivity (Wildman–Crippen MR) is 115 cm³/mol. The first-order valence-corrected chi connectivity index (χ1v) is 11.5. The first-order valence-electron chi connectivity index (χ1n) is 11.5. The summed E-state index contributed by atoms with van der Waals surface area (Å²) in [5, 5.41) is 11.4. The number of carbonyl (C=O) groups excluding carboxylic acids is 4. The Balaban J connectivity index is 2.07. The van der Waals surface area contributed by atoms with Gasteiger partial charge in [-0.15, -0.1) is 0 Å². The van der Waals surface area contributed by atoms with E-state index in [0.29, 0.717) is 0 Å². The van der Waals surface area contributed by atoms with E-state index in [2.05, 4.69) is 6.58 Å². The molecule has 9 nitrogen and oxygen atoms in total. The van der Waals surface area contributed by atoms with Gasteiger partial charge in [-0.05, 0) is 19.3 Å². The summed E-state index contributed by atoms with van der Waals surface area (Å²) in [5.74, 6) is -4.63. The fourth-order valence-corrected chi connectivity index (χ4v) is 4.57. The molecule has 1 saturated carbocycles. The number of hydrogen-bond acceptors (Lipinski definition) is 9. The molecule has 184 valence electrons. The van der Waals surface area contributed by atoms with Crippen molar-refractivity contribution in [3.05, 3.63) is 12.2 Å². The van der Waals surface area contributed by atoms with Crippen LogP contribution in [0.15, 0.2) is 12.2 Å². The molecule has 0 radical (unpaired) electrons. The van der Waals surface area contributed by atoms with Gasteiger partial charge in [0.1, 0.15) is 11.7 Å². The van der Waals surface area contributed by atoms with E-state index in [4.69, 9.17) is 18.9 Å². The SMILES string of the molecule is C=C1C(=O)O[C@H]2[C@@H]1[C@H](OC(=O)CC(C)C)C(=O)[C@H](C)C[C@H]1O[C@@H]1[C@](C)(O)[C@@H]2OC(=O)C(C)C. The molecular weight excluding hydrogens is 432 g/mol. The molecule has 33 heavy (non-hydrogen) atoms. The number of ketones is 1. The molecule has 2 aliphatic heterocycles. The summed E-state index contributed by atoms with van der Waals surface area (Å²) >= 11 is 0. The number of aliphatic hydroxyl groups is 1. The summed E-state index contributed by atoms with van der Waals surface area (Å²) in [5.41, 5.74) is -1.80. The third-order valence-electron chi connectivity index (χ3n) is 6.52. The van der Waals surface area contributed by atoms with E-state index < -0.39 is 77.6 Å². The van der Waals surface area contributed by atoms with Crippen molar-refractivity contribution in [3.8, 4) is 0 Å². The molecule has 3 aliphatic rings. The van der Waals surface area contributed by atoms with Crippen LogP contribution in [-0.4, -0.2) is 64.9 Å². The van der Waals surface area contributed by atoms with Crippen LogP contribution in [0.25, 0.3) is 0 Å². The zero-order chi connectivity index (χ0) is 24.8. The monoisotopic (exact) mass is 466 g/mol. The Hall–Kier alpha value is -2.26. The molecular formula is C24H34O9. The van der Waals surface area contributed by atoms with Crippen molar-refractivity contribution in [2.24, 2.45) is 23.7 Å². The second kappa shape index (κ2) is 9.18. The minimum absolute atomic E-state index is 0.00822. The molecule has 0 spiro atoms. The van der Waals surface area contributed by atoms with Gasteiger partial charge in [0, 0.05) is 17.9 Å². The number of fused-ring (bicyclic) bond motifs is 2. The quantitative estimate of drug-likeness (QED) is 0.279. The number of rotatable bonds is 5. The van der Waals surface area contributed by atoms with Crippen molar-refractivity contribution in [2.45, 2.75) is 90.5 Å². The van der Waals surface area contributed by atoms with Gasteiger partial charge in [0.25, 0.3) is 0 Å². The summed E-state index contributed by atoms with van der Waals surface area (Å²) in [6.45, 7) is 13.9. The maximum Gasteiger partial charge on any atom is 0.334 e. The minimum Gasteiger partial charge on any atom is -0.455 e. The highest BCUT2D eigenvalue weighted by atomic mass is 16.6. The molecule has 8 atom stereocenters. The van der Waals surface area contributed by atoms with Crippen LogP contribution in [0.1, 0.15) is 54.4 Å². The molecule has 0 unspecified atom stereocenters. The zero-order valence-electron chi connectivity index (χ0n) is 20.0. The lowest BCUT2D eigenvalue weighted by molar-refractivity contribution is -0.196. The molecule has 3 rings (SSSR count). The lowest BCUT2D eigenvalue weighted by atomic mass is 9.76. The van der Waals surface area contributed by atoms with Crippen LogP contribution in [0.3, 0.4) is 0 Å². The number of Topliss-reactive ketones (excluding diaryl/α,β-unsaturated/α-hetero) is 1. The number of esters is 3. The smallest absolute Gasteiger partial charge is 0.334 e. The van der Waals surface area contributed by atoms with Crippen LogP contribution >= 0.6 is 0 Å². The van der Waals surface area contributed by atoms with E-state index in [9.17, 15) is 24.3 Å². The maximum absolute atomic E-state index is 13.4. The number of carbonyl (C=O) groups is 4. The van der Waals surface area contributed by atoms with Gasteiger partial charge < -0.3 is 24.1 Å². The van der Waals surface area contributed by atoms with Gasteiger partial charge in [-0.25, -0.2) is 4.79 Å². The Labute approximate surface area is 193 Å². The Morgan fingerprint density at radius 1 is 1.21 bits per heavy atom. The molecule has 0 aromatic rings. The molecule has 0 bridgehead atoms. The number of hydrogen-bond donors (Lipinski definition) is 1. The average molecular weight is 467 g/mol. The lowest BCUT2D eigenvalue weighted by Crippen LogP contribution is -2.58. The van der Waals surface area contributed by atoms with E-state index in [0.717, 1.165) is 0 Å². The molecule has 0 aromatic heterocycles. The summed E-state index contributed by atoms with van der Waals surface area (Å²) in [4.78, 5) is 51.1. The predicted octanol–water partition coefficient (Wildman–Crippen LogP) is 1.74. The standard InChI is InChI=1S/C24H34O9/c1-10(2)8-15(25)31-18-16-13(6)23(28)32-19(16)21(33-22(27)11(3)4)24(7,29)20-14(30-20)9-12(5)17(18)26/h10-12,14,16,18-21,29H,6,8-9H2,1-5,7H3/t12-,14-,16+,18+,19+,20+,21-,24+/m1/s1.